The van der Waals surface area contributed by atoms with E-state index in [1.807, 2.05) is 11.9 Å². The number of carbonyl (C=O) groups is 1. The maximum atomic E-state index is 12.0. The van der Waals surface area contributed by atoms with E-state index < -0.39 is 0 Å². The predicted octanol–water partition coefficient (Wildman–Crippen LogP) is 4.38. The summed E-state index contributed by atoms with van der Waals surface area (Å²) in [6, 6.07) is 9.20. The summed E-state index contributed by atoms with van der Waals surface area (Å²) in [5.74, 6) is 3.25. The number of likely N-dealkylation sites (tertiary alicyclic amines) is 1. The molecule has 3 nitrogen and oxygen atoms in total. The highest BCUT2D eigenvalue weighted by molar-refractivity contribution is 5.74. The van der Waals surface area contributed by atoms with Gasteiger partial charge < -0.3 is 9.80 Å². The fourth-order valence-corrected chi connectivity index (χ4v) is 6.99. The van der Waals surface area contributed by atoms with E-state index in [1.54, 1.807) is 6.92 Å². The zero-order valence-corrected chi connectivity index (χ0v) is 17.0. The van der Waals surface area contributed by atoms with E-state index in [2.05, 4.69) is 29.2 Å². The normalized spacial score (nSPS) is 34.1. The number of amides is 1. The lowest BCUT2D eigenvalue weighted by Crippen LogP contribution is -2.44. The van der Waals surface area contributed by atoms with Crippen molar-refractivity contribution in [1.82, 2.24) is 9.80 Å². The van der Waals surface area contributed by atoms with E-state index in [0.29, 0.717) is 0 Å². The van der Waals surface area contributed by atoms with Crippen molar-refractivity contribution in [3.8, 4) is 0 Å². The Morgan fingerprint density at radius 3 is 2.63 bits per heavy atom. The van der Waals surface area contributed by atoms with Crippen LogP contribution < -0.4 is 0 Å². The summed E-state index contributed by atoms with van der Waals surface area (Å²) in [4.78, 5) is 16.8. The second kappa shape index (κ2) is 6.62. The number of rotatable bonds is 3. The first kappa shape index (κ1) is 17.7. The number of hydrogen-bond donors (Lipinski definition) is 0. The molecule has 1 aromatic rings. The van der Waals surface area contributed by atoms with Crippen LogP contribution in [-0.4, -0.2) is 42.4 Å². The molecule has 3 fully saturated rings. The Balaban J connectivity index is 1.29. The fraction of sp³-hybridized carbons (Fsp3) is 0.708. The van der Waals surface area contributed by atoms with Crippen LogP contribution in [0.5, 0.6) is 0 Å². The standard InChI is InChI=1S/C24H34N2O/c1-17(27)25(2)23-15-24(22-6-4-3-5-21(22)23)9-11-26(12-10-24)16-20-14-18-7-8-19(20)13-18/h3-6,18-20,23H,7-16H2,1-2H3/t18-,19-,20+,23+/m0/s1. The molecule has 5 rings (SSSR count). The SMILES string of the molecule is CC(=O)N(C)[C@@H]1CC2(CCN(C[C@H]3C[C@H]4CC[C@H]3C4)CC2)c2ccccc21. The smallest absolute Gasteiger partial charge is 0.219 e. The zero-order chi connectivity index (χ0) is 18.6. The topological polar surface area (TPSA) is 23.6 Å². The first-order valence-corrected chi connectivity index (χ1v) is 11.1. The minimum Gasteiger partial charge on any atom is -0.339 e. The molecule has 1 heterocycles. The molecule has 4 atom stereocenters. The van der Waals surface area contributed by atoms with Crippen molar-refractivity contribution in [2.24, 2.45) is 17.8 Å². The quantitative estimate of drug-likeness (QED) is 0.792. The Bertz CT molecular complexity index is 721. The Kier molecular flexibility index (Phi) is 4.34. The van der Waals surface area contributed by atoms with Crippen LogP contribution in [0.4, 0.5) is 0 Å². The van der Waals surface area contributed by atoms with Crippen LogP contribution in [0.1, 0.15) is 69.0 Å². The molecular weight excluding hydrogens is 332 g/mol. The van der Waals surface area contributed by atoms with E-state index in [4.69, 9.17) is 0 Å². The molecule has 4 aliphatic rings. The van der Waals surface area contributed by atoms with Crippen LogP contribution in [0, 0.1) is 17.8 Å². The molecule has 0 N–H and O–H groups in total. The van der Waals surface area contributed by atoms with Gasteiger partial charge in [0.25, 0.3) is 0 Å². The minimum absolute atomic E-state index is 0.181. The summed E-state index contributed by atoms with van der Waals surface area (Å²) >= 11 is 0. The van der Waals surface area contributed by atoms with Crippen LogP contribution >= 0.6 is 0 Å². The van der Waals surface area contributed by atoms with Gasteiger partial charge in [0, 0.05) is 25.9 Å². The Labute approximate surface area is 164 Å². The number of hydrogen-bond acceptors (Lipinski definition) is 2. The monoisotopic (exact) mass is 366 g/mol. The molecule has 3 aliphatic carbocycles. The van der Waals surface area contributed by atoms with Crippen molar-refractivity contribution in [1.29, 1.82) is 0 Å². The molecule has 1 spiro atoms. The van der Waals surface area contributed by atoms with Crippen LogP contribution in [0.15, 0.2) is 24.3 Å². The number of benzene rings is 1. The van der Waals surface area contributed by atoms with Crippen molar-refractivity contribution in [3.05, 3.63) is 35.4 Å². The van der Waals surface area contributed by atoms with Gasteiger partial charge in [-0.2, -0.15) is 0 Å². The van der Waals surface area contributed by atoms with E-state index in [0.717, 1.165) is 24.2 Å². The molecule has 1 aliphatic heterocycles. The lowest BCUT2D eigenvalue weighted by Gasteiger charge is -2.42. The molecule has 0 unspecified atom stereocenters. The summed E-state index contributed by atoms with van der Waals surface area (Å²) in [5, 5.41) is 0. The molecule has 2 bridgehead atoms. The highest BCUT2D eigenvalue weighted by atomic mass is 16.2. The molecular formula is C24H34N2O. The molecule has 146 valence electrons. The van der Waals surface area contributed by atoms with Gasteiger partial charge in [-0.1, -0.05) is 30.7 Å². The molecule has 1 amide bonds. The van der Waals surface area contributed by atoms with Gasteiger partial charge in [-0.25, -0.2) is 0 Å². The van der Waals surface area contributed by atoms with E-state index in [-0.39, 0.29) is 17.4 Å². The van der Waals surface area contributed by atoms with Crippen LogP contribution in [0.25, 0.3) is 0 Å². The van der Waals surface area contributed by atoms with Crippen LogP contribution in [0.3, 0.4) is 0 Å². The third kappa shape index (κ3) is 2.93. The van der Waals surface area contributed by atoms with Gasteiger partial charge in [-0.3, -0.25) is 4.79 Å². The first-order chi connectivity index (χ1) is 13.1. The van der Waals surface area contributed by atoms with Crippen molar-refractivity contribution in [2.45, 2.75) is 63.3 Å². The lowest BCUT2D eigenvalue weighted by atomic mass is 9.73. The number of fused-ring (bicyclic) bond motifs is 4. The Hall–Kier alpha value is -1.35. The van der Waals surface area contributed by atoms with Gasteiger partial charge in [0.1, 0.15) is 0 Å². The number of piperidine rings is 1. The number of nitrogens with zero attached hydrogens (tertiary/aromatic N) is 2. The van der Waals surface area contributed by atoms with Crippen molar-refractivity contribution < 1.29 is 4.79 Å². The Morgan fingerprint density at radius 2 is 1.96 bits per heavy atom. The summed E-state index contributed by atoms with van der Waals surface area (Å²) < 4.78 is 0. The van der Waals surface area contributed by atoms with Gasteiger partial charge >= 0.3 is 0 Å². The fourth-order valence-electron chi connectivity index (χ4n) is 6.99. The van der Waals surface area contributed by atoms with Crippen LogP contribution in [-0.2, 0) is 10.2 Å². The zero-order valence-electron chi connectivity index (χ0n) is 17.0. The van der Waals surface area contributed by atoms with Crippen molar-refractivity contribution in [2.75, 3.05) is 26.7 Å². The molecule has 0 aromatic heterocycles. The Morgan fingerprint density at radius 1 is 1.19 bits per heavy atom. The molecule has 1 aromatic carbocycles. The summed E-state index contributed by atoms with van der Waals surface area (Å²) in [6.07, 6.45) is 9.66. The van der Waals surface area contributed by atoms with Crippen molar-refractivity contribution in [3.63, 3.8) is 0 Å². The largest absolute Gasteiger partial charge is 0.339 e. The maximum absolute atomic E-state index is 12.0. The summed E-state index contributed by atoms with van der Waals surface area (Å²) in [6.45, 7) is 5.51. The van der Waals surface area contributed by atoms with Gasteiger partial charge in [-0.15, -0.1) is 0 Å². The maximum Gasteiger partial charge on any atom is 0.219 e. The highest BCUT2D eigenvalue weighted by Crippen LogP contribution is 2.53. The van der Waals surface area contributed by atoms with E-state index in [9.17, 15) is 4.79 Å². The predicted molar refractivity (Wildman–Crippen MR) is 109 cm³/mol. The molecule has 1 saturated heterocycles. The molecule has 3 heteroatoms. The highest BCUT2D eigenvalue weighted by Gasteiger charge is 2.47. The second-order valence-corrected chi connectivity index (χ2v) is 9.95. The van der Waals surface area contributed by atoms with Gasteiger partial charge in [-0.05, 0) is 80.5 Å². The van der Waals surface area contributed by atoms with Crippen LogP contribution in [0.2, 0.25) is 0 Å². The summed E-state index contributed by atoms with van der Waals surface area (Å²) in [7, 11) is 1.98. The first-order valence-electron chi connectivity index (χ1n) is 11.1. The van der Waals surface area contributed by atoms with Gasteiger partial charge in [0.2, 0.25) is 5.91 Å². The summed E-state index contributed by atoms with van der Waals surface area (Å²) in [5.41, 5.74) is 3.22. The van der Waals surface area contributed by atoms with Gasteiger partial charge in [0.15, 0.2) is 0 Å². The third-order valence-electron chi connectivity index (χ3n) is 8.63. The molecule has 0 radical (unpaired) electrons. The minimum atomic E-state index is 0.181. The second-order valence-electron chi connectivity index (χ2n) is 9.95. The third-order valence-corrected chi connectivity index (χ3v) is 8.63. The van der Waals surface area contributed by atoms with Gasteiger partial charge in [0.05, 0.1) is 6.04 Å². The lowest BCUT2D eigenvalue weighted by molar-refractivity contribution is -0.129. The van der Waals surface area contributed by atoms with E-state index >= 15 is 0 Å². The number of carbonyl (C=O) groups excluding carboxylic acids is 1. The molecule has 27 heavy (non-hydrogen) atoms. The van der Waals surface area contributed by atoms with Crippen molar-refractivity contribution >= 4 is 5.91 Å². The average Bonchev–Trinajstić information content (AvgIpc) is 3.37. The average molecular weight is 367 g/mol. The van der Waals surface area contributed by atoms with E-state index in [1.165, 1.54) is 69.3 Å². The molecule has 2 saturated carbocycles.